The van der Waals surface area contributed by atoms with Crippen LogP contribution < -0.4 is 5.32 Å². The average molecular weight is 356 g/mol. The fourth-order valence-corrected chi connectivity index (χ4v) is 3.86. The SMILES string of the molecule is CC(C)C[C@@H](NC(=O)c1cccs1)C(=O)N1CCc2ccccc2C1. The third-order valence-corrected chi connectivity index (χ3v) is 5.37. The van der Waals surface area contributed by atoms with E-state index in [4.69, 9.17) is 0 Å². The second-order valence-electron chi connectivity index (χ2n) is 6.91. The van der Waals surface area contributed by atoms with Crippen LogP contribution in [0.5, 0.6) is 0 Å². The fourth-order valence-electron chi connectivity index (χ4n) is 3.23. The van der Waals surface area contributed by atoms with Crippen LogP contribution in [0, 0.1) is 5.92 Å². The minimum absolute atomic E-state index is 0.0214. The Kier molecular flexibility index (Phi) is 5.53. The van der Waals surface area contributed by atoms with E-state index < -0.39 is 6.04 Å². The topological polar surface area (TPSA) is 49.4 Å². The highest BCUT2D eigenvalue weighted by Gasteiger charge is 2.29. The van der Waals surface area contributed by atoms with E-state index in [9.17, 15) is 9.59 Å². The molecule has 0 aliphatic carbocycles. The Morgan fingerprint density at radius 1 is 1.16 bits per heavy atom. The first kappa shape index (κ1) is 17.7. The highest BCUT2D eigenvalue weighted by molar-refractivity contribution is 7.12. The number of nitrogens with zero attached hydrogens (tertiary/aromatic N) is 1. The number of hydrogen-bond donors (Lipinski definition) is 1. The Labute approximate surface area is 152 Å². The van der Waals surface area contributed by atoms with Gasteiger partial charge in [0.25, 0.3) is 5.91 Å². The first-order valence-corrected chi connectivity index (χ1v) is 9.62. The summed E-state index contributed by atoms with van der Waals surface area (Å²) in [7, 11) is 0. The molecule has 2 heterocycles. The zero-order valence-corrected chi connectivity index (χ0v) is 15.5. The van der Waals surface area contributed by atoms with Gasteiger partial charge in [-0.25, -0.2) is 0 Å². The van der Waals surface area contributed by atoms with Gasteiger partial charge >= 0.3 is 0 Å². The second-order valence-corrected chi connectivity index (χ2v) is 7.86. The van der Waals surface area contributed by atoms with Crippen molar-refractivity contribution in [2.75, 3.05) is 6.54 Å². The smallest absolute Gasteiger partial charge is 0.261 e. The molecule has 0 saturated heterocycles. The van der Waals surface area contributed by atoms with Crippen molar-refractivity contribution in [1.29, 1.82) is 0 Å². The van der Waals surface area contributed by atoms with Crippen molar-refractivity contribution < 1.29 is 9.59 Å². The van der Waals surface area contributed by atoms with Crippen LogP contribution in [0.1, 0.15) is 41.1 Å². The molecule has 4 nitrogen and oxygen atoms in total. The number of carbonyl (C=O) groups is 2. The highest BCUT2D eigenvalue weighted by atomic mass is 32.1. The molecule has 3 rings (SSSR count). The molecule has 2 amide bonds. The van der Waals surface area contributed by atoms with Crippen LogP contribution in [-0.2, 0) is 17.8 Å². The number of rotatable bonds is 5. The summed E-state index contributed by atoms with van der Waals surface area (Å²) in [6, 6.07) is 11.4. The lowest BCUT2D eigenvalue weighted by atomic mass is 9.97. The molecule has 1 aromatic carbocycles. The number of fused-ring (bicyclic) bond motifs is 1. The van der Waals surface area contributed by atoms with E-state index in [-0.39, 0.29) is 11.8 Å². The molecule has 0 radical (unpaired) electrons. The van der Waals surface area contributed by atoms with Gasteiger partial charge in [0.1, 0.15) is 6.04 Å². The predicted octanol–water partition coefficient (Wildman–Crippen LogP) is 3.48. The number of benzene rings is 1. The van der Waals surface area contributed by atoms with Gasteiger partial charge in [-0.1, -0.05) is 44.2 Å². The van der Waals surface area contributed by atoms with E-state index in [0.29, 0.717) is 30.3 Å². The van der Waals surface area contributed by atoms with Crippen LogP contribution in [-0.4, -0.2) is 29.3 Å². The summed E-state index contributed by atoms with van der Waals surface area (Å²) in [5.74, 6) is 0.189. The number of amides is 2. The summed E-state index contributed by atoms with van der Waals surface area (Å²) < 4.78 is 0. The van der Waals surface area contributed by atoms with Crippen molar-refractivity contribution in [3.05, 3.63) is 57.8 Å². The maximum Gasteiger partial charge on any atom is 0.261 e. The first-order chi connectivity index (χ1) is 12.0. The molecule has 0 spiro atoms. The molecule has 25 heavy (non-hydrogen) atoms. The van der Waals surface area contributed by atoms with Gasteiger partial charge in [0.05, 0.1) is 4.88 Å². The maximum atomic E-state index is 13.1. The minimum Gasteiger partial charge on any atom is -0.340 e. The van der Waals surface area contributed by atoms with Crippen molar-refractivity contribution in [3.8, 4) is 0 Å². The van der Waals surface area contributed by atoms with Gasteiger partial charge in [0, 0.05) is 13.1 Å². The van der Waals surface area contributed by atoms with Crippen LogP contribution in [0.15, 0.2) is 41.8 Å². The van der Waals surface area contributed by atoms with Gasteiger partial charge in [-0.2, -0.15) is 0 Å². The Morgan fingerprint density at radius 3 is 2.60 bits per heavy atom. The number of hydrogen-bond acceptors (Lipinski definition) is 3. The second kappa shape index (κ2) is 7.83. The van der Waals surface area contributed by atoms with Gasteiger partial charge < -0.3 is 10.2 Å². The van der Waals surface area contributed by atoms with Gasteiger partial charge in [-0.15, -0.1) is 11.3 Å². The van der Waals surface area contributed by atoms with E-state index in [1.807, 2.05) is 28.5 Å². The summed E-state index contributed by atoms with van der Waals surface area (Å²) >= 11 is 1.39. The van der Waals surface area contributed by atoms with E-state index in [1.165, 1.54) is 22.5 Å². The van der Waals surface area contributed by atoms with Crippen molar-refractivity contribution in [3.63, 3.8) is 0 Å². The minimum atomic E-state index is -0.472. The average Bonchev–Trinajstić information content (AvgIpc) is 3.14. The monoisotopic (exact) mass is 356 g/mol. The molecule has 1 atom stereocenters. The molecular formula is C20H24N2O2S. The lowest BCUT2D eigenvalue weighted by molar-refractivity contribution is -0.134. The predicted molar refractivity (Wildman–Crippen MR) is 101 cm³/mol. The standard InChI is InChI=1S/C20H24N2O2S/c1-14(2)12-17(21-19(23)18-8-5-11-25-18)20(24)22-10-9-15-6-3-4-7-16(15)13-22/h3-8,11,14,17H,9-10,12-13H2,1-2H3,(H,21,23)/t17-/m1/s1. The lowest BCUT2D eigenvalue weighted by Gasteiger charge is -2.32. The molecular weight excluding hydrogens is 332 g/mol. The van der Waals surface area contributed by atoms with Crippen molar-refractivity contribution in [2.45, 2.75) is 39.3 Å². The highest BCUT2D eigenvalue weighted by Crippen LogP contribution is 2.20. The number of carbonyl (C=O) groups excluding carboxylic acids is 2. The zero-order valence-electron chi connectivity index (χ0n) is 14.7. The molecule has 5 heteroatoms. The summed E-state index contributed by atoms with van der Waals surface area (Å²) in [5, 5.41) is 4.82. The first-order valence-electron chi connectivity index (χ1n) is 8.74. The van der Waals surface area contributed by atoms with Crippen LogP contribution in [0.3, 0.4) is 0 Å². The molecule has 0 saturated carbocycles. The zero-order chi connectivity index (χ0) is 17.8. The molecule has 1 aromatic heterocycles. The lowest BCUT2D eigenvalue weighted by Crippen LogP contribution is -2.50. The molecule has 0 unspecified atom stereocenters. The normalized spacial score (nSPS) is 14.9. The molecule has 0 bridgehead atoms. The number of thiophene rings is 1. The van der Waals surface area contributed by atoms with E-state index >= 15 is 0 Å². The Hall–Kier alpha value is -2.14. The van der Waals surface area contributed by atoms with E-state index in [0.717, 1.165) is 6.42 Å². The third kappa shape index (κ3) is 4.28. The van der Waals surface area contributed by atoms with Crippen LogP contribution in [0.2, 0.25) is 0 Å². The Balaban J connectivity index is 1.72. The summed E-state index contributed by atoms with van der Waals surface area (Å²) in [5.41, 5.74) is 2.52. The Bertz CT molecular complexity index is 740. The molecule has 132 valence electrons. The van der Waals surface area contributed by atoms with E-state index in [1.54, 1.807) is 6.07 Å². The van der Waals surface area contributed by atoms with Crippen LogP contribution in [0.4, 0.5) is 0 Å². The van der Waals surface area contributed by atoms with Gasteiger partial charge in [-0.05, 0) is 41.3 Å². The molecule has 1 aliphatic heterocycles. The quantitative estimate of drug-likeness (QED) is 0.892. The summed E-state index contributed by atoms with van der Waals surface area (Å²) in [6.45, 7) is 5.48. The van der Waals surface area contributed by atoms with E-state index in [2.05, 4.69) is 31.3 Å². The molecule has 0 fully saturated rings. The summed E-state index contributed by atoms with van der Waals surface area (Å²) in [6.07, 6.45) is 1.52. The Morgan fingerprint density at radius 2 is 1.92 bits per heavy atom. The van der Waals surface area contributed by atoms with Crippen LogP contribution >= 0.6 is 11.3 Å². The molecule has 1 aliphatic rings. The third-order valence-electron chi connectivity index (χ3n) is 4.50. The van der Waals surface area contributed by atoms with Crippen LogP contribution in [0.25, 0.3) is 0 Å². The van der Waals surface area contributed by atoms with Gasteiger partial charge in [-0.3, -0.25) is 9.59 Å². The van der Waals surface area contributed by atoms with Crippen molar-refractivity contribution in [2.24, 2.45) is 5.92 Å². The summed E-state index contributed by atoms with van der Waals surface area (Å²) in [4.78, 5) is 28.0. The van der Waals surface area contributed by atoms with Gasteiger partial charge in [0.2, 0.25) is 5.91 Å². The van der Waals surface area contributed by atoms with Crippen molar-refractivity contribution >= 4 is 23.2 Å². The fraction of sp³-hybridized carbons (Fsp3) is 0.400. The van der Waals surface area contributed by atoms with Gasteiger partial charge in [0.15, 0.2) is 0 Å². The largest absolute Gasteiger partial charge is 0.340 e. The van der Waals surface area contributed by atoms with Crippen molar-refractivity contribution in [1.82, 2.24) is 10.2 Å². The molecule has 2 aromatic rings. The number of nitrogens with one attached hydrogen (secondary N) is 1. The maximum absolute atomic E-state index is 13.1. The molecule has 1 N–H and O–H groups in total.